The highest BCUT2D eigenvalue weighted by molar-refractivity contribution is 8.00. The van der Waals surface area contributed by atoms with Crippen LogP contribution in [0.5, 0.6) is 0 Å². The molecule has 1 aliphatic heterocycles. The largest absolute Gasteiger partial charge is 0.313 e. The maximum Gasteiger partial charge on any atom is 0.0201 e. The van der Waals surface area contributed by atoms with Gasteiger partial charge in [-0.3, -0.25) is 0 Å². The lowest BCUT2D eigenvalue weighted by molar-refractivity contribution is 0.336. The summed E-state index contributed by atoms with van der Waals surface area (Å²) < 4.78 is 0. The Bertz CT molecular complexity index is 204. The van der Waals surface area contributed by atoms with E-state index in [1.807, 2.05) is 0 Å². The molecule has 108 valence electrons. The Hall–Kier alpha value is 0.310. The van der Waals surface area contributed by atoms with Gasteiger partial charge in [0.2, 0.25) is 0 Å². The van der Waals surface area contributed by atoms with E-state index in [-0.39, 0.29) is 0 Å². The maximum atomic E-state index is 3.80. The Labute approximate surface area is 119 Å². The Balaban J connectivity index is 2.34. The summed E-state index contributed by atoms with van der Waals surface area (Å²) in [6.45, 7) is 10.5. The Kier molecular flexibility index (Phi) is 7.70. The summed E-state index contributed by atoms with van der Waals surface area (Å²) in [5.74, 6) is 1.38. The van der Waals surface area contributed by atoms with Gasteiger partial charge >= 0.3 is 0 Å². The zero-order valence-corrected chi connectivity index (χ0v) is 13.7. The fourth-order valence-corrected chi connectivity index (χ4v) is 4.16. The Morgan fingerprint density at radius 1 is 1.28 bits per heavy atom. The van der Waals surface area contributed by atoms with E-state index in [1.54, 1.807) is 0 Å². The van der Waals surface area contributed by atoms with E-state index in [1.165, 1.54) is 57.2 Å². The molecule has 0 spiro atoms. The molecule has 1 nitrogen and oxygen atoms in total. The monoisotopic (exact) mass is 271 g/mol. The average molecular weight is 272 g/mol. The smallest absolute Gasteiger partial charge is 0.0201 e. The first kappa shape index (κ1) is 16.4. The van der Waals surface area contributed by atoms with Crippen molar-refractivity contribution in [2.45, 2.75) is 83.9 Å². The van der Waals surface area contributed by atoms with Crippen LogP contribution in [-0.4, -0.2) is 23.6 Å². The van der Waals surface area contributed by atoms with Crippen LogP contribution in [0.1, 0.15) is 72.6 Å². The first-order valence-electron chi connectivity index (χ1n) is 7.88. The summed E-state index contributed by atoms with van der Waals surface area (Å²) in [6, 6.07) is 0.762. The average Bonchev–Trinajstić information content (AvgIpc) is 2.33. The highest BCUT2D eigenvalue weighted by Crippen LogP contribution is 2.30. The molecule has 1 fully saturated rings. The molecule has 18 heavy (non-hydrogen) atoms. The molecule has 2 unspecified atom stereocenters. The van der Waals surface area contributed by atoms with Gasteiger partial charge in [-0.25, -0.2) is 0 Å². The van der Waals surface area contributed by atoms with Crippen LogP contribution in [0.25, 0.3) is 0 Å². The first-order valence-corrected chi connectivity index (χ1v) is 8.93. The maximum absolute atomic E-state index is 3.80. The van der Waals surface area contributed by atoms with Crippen molar-refractivity contribution in [3.8, 4) is 0 Å². The molecule has 0 aromatic carbocycles. The highest BCUT2D eigenvalue weighted by atomic mass is 32.2. The van der Waals surface area contributed by atoms with Crippen LogP contribution in [-0.2, 0) is 0 Å². The van der Waals surface area contributed by atoms with Crippen molar-refractivity contribution >= 4 is 11.8 Å². The lowest BCUT2D eigenvalue weighted by Crippen LogP contribution is -2.40. The minimum atomic E-state index is 0.495. The van der Waals surface area contributed by atoms with Crippen LogP contribution < -0.4 is 5.32 Å². The van der Waals surface area contributed by atoms with Crippen LogP contribution in [0.4, 0.5) is 0 Å². The molecule has 0 aromatic heterocycles. The number of nitrogens with one attached hydrogen (secondary N) is 1. The normalized spacial score (nSPS) is 23.0. The van der Waals surface area contributed by atoms with Crippen LogP contribution in [0, 0.1) is 5.41 Å². The fourth-order valence-electron chi connectivity index (χ4n) is 2.68. The molecule has 1 rings (SSSR count). The predicted octanol–water partition coefficient (Wildman–Crippen LogP) is 4.86. The Morgan fingerprint density at radius 2 is 2.06 bits per heavy atom. The van der Waals surface area contributed by atoms with E-state index in [9.17, 15) is 0 Å². The topological polar surface area (TPSA) is 12.0 Å². The van der Waals surface area contributed by atoms with Gasteiger partial charge < -0.3 is 5.32 Å². The van der Waals surface area contributed by atoms with Gasteiger partial charge in [0, 0.05) is 11.3 Å². The van der Waals surface area contributed by atoms with Gasteiger partial charge in [-0.05, 0) is 49.8 Å². The predicted molar refractivity (Wildman–Crippen MR) is 85.5 cm³/mol. The standard InChI is InChI=1S/C16H33NS/c1-5-12-17-14(9-8-11-16(2,3)4)15-10-6-7-13-18-15/h14-15,17H,5-13H2,1-4H3. The van der Waals surface area contributed by atoms with Gasteiger partial charge in [-0.2, -0.15) is 11.8 Å². The first-order chi connectivity index (χ1) is 8.53. The van der Waals surface area contributed by atoms with Crippen molar-refractivity contribution in [3.05, 3.63) is 0 Å². The van der Waals surface area contributed by atoms with Gasteiger partial charge in [0.05, 0.1) is 0 Å². The summed E-state index contributed by atoms with van der Waals surface area (Å²) in [5, 5.41) is 4.68. The van der Waals surface area contributed by atoms with E-state index in [4.69, 9.17) is 0 Å². The van der Waals surface area contributed by atoms with Crippen molar-refractivity contribution in [1.82, 2.24) is 5.32 Å². The summed E-state index contributed by atoms with van der Waals surface area (Å²) in [5.41, 5.74) is 0.495. The van der Waals surface area contributed by atoms with E-state index in [0.29, 0.717) is 5.41 Å². The van der Waals surface area contributed by atoms with Gasteiger partial charge in [0.1, 0.15) is 0 Å². The van der Waals surface area contributed by atoms with E-state index >= 15 is 0 Å². The van der Waals surface area contributed by atoms with Gasteiger partial charge in [0.15, 0.2) is 0 Å². The molecule has 0 bridgehead atoms. The van der Waals surface area contributed by atoms with Crippen LogP contribution in [0.15, 0.2) is 0 Å². The van der Waals surface area contributed by atoms with Crippen LogP contribution in [0.2, 0.25) is 0 Å². The third kappa shape index (κ3) is 7.04. The SMILES string of the molecule is CCCNC(CCCC(C)(C)C)C1CCCCS1. The fraction of sp³-hybridized carbons (Fsp3) is 1.00. The van der Waals surface area contributed by atoms with E-state index < -0.39 is 0 Å². The zero-order valence-electron chi connectivity index (χ0n) is 12.9. The number of thioether (sulfide) groups is 1. The molecule has 0 aliphatic carbocycles. The minimum absolute atomic E-state index is 0.495. The number of rotatable bonds is 7. The molecule has 0 saturated carbocycles. The second-order valence-corrected chi connectivity index (χ2v) is 8.27. The summed E-state index contributed by atoms with van der Waals surface area (Å²) in [6.07, 6.45) is 9.67. The van der Waals surface area contributed by atoms with Crippen molar-refractivity contribution in [3.63, 3.8) is 0 Å². The molecule has 1 saturated heterocycles. The van der Waals surface area contributed by atoms with Crippen molar-refractivity contribution in [2.75, 3.05) is 12.3 Å². The number of hydrogen-bond donors (Lipinski definition) is 1. The van der Waals surface area contributed by atoms with E-state index in [0.717, 1.165) is 11.3 Å². The quantitative estimate of drug-likeness (QED) is 0.710. The van der Waals surface area contributed by atoms with Crippen LogP contribution >= 0.6 is 11.8 Å². The van der Waals surface area contributed by atoms with Gasteiger partial charge in [-0.1, -0.05) is 40.5 Å². The van der Waals surface area contributed by atoms with Crippen LogP contribution in [0.3, 0.4) is 0 Å². The second-order valence-electron chi connectivity index (χ2n) is 6.92. The minimum Gasteiger partial charge on any atom is -0.313 e. The lowest BCUT2D eigenvalue weighted by atomic mass is 9.88. The summed E-state index contributed by atoms with van der Waals surface area (Å²) in [7, 11) is 0. The third-order valence-corrected chi connectivity index (χ3v) is 5.28. The van der Waals surface area contributed by atoms with Crippen molar-refractivity contribution in [1.29, 1.82) is 0 Å². The molecule has 2 atom stereocenters. The second kappa shape index (κ2) is 8.47. The molecule has 1 aliphatic rings. The van der Waals surface area contributed by atoms with E-state index in [2.05, 4.69) is 44.8 Å². The van der Waals surface area contributed by atoms with Crippen molar-refractivity contribution < 1.29 is 0 Å². The third-order valence-electron chi connectivity index (χ3n) is 3.76. The molecule has 0 aromatic rings. The van der Waals surface area contributed by atoms with Gasteiger partial charge in [0.25, 0.3) is 0 Å². The zero-order chi connectivity index (χ0) is 13.4. The molecule has 1 N–H and O–H groups in total. The molecular weight excluding hydrogens is 238 g/mol. The molecule has 2 heteroatoms. The molecular formula is C16H33NS. The molecule has 0 amide bonds. The number of hydrogen-bond acceptors (Lipinski definition) is 2. The molecule has 1 heterocycles. The highest BCUT2D eigenvalue weighted by Gasteiger charge is 2.23. The summed E-state index contributed by atoms with van der Waals surface area (Å²) in [4.78, 5) is 0. The molecule has 0 radical (unpaired) electrons. The van der Waals surface area contributed by atoms with Gasteiger partial charge in [-0.15, -0.1) is 0 Å². The Morgan fingerprint density at radius 3 is 2.61 bits per heavy atom. The van der Waals surface area contributed by atoms with Crippen molar-refractivity contribution in [2.24, 2.45) is 5.41 Å². The lowest BCUT2D eigenvalue weighted by Gasteiger charge is -2.31. The summed E-state index contributed by atoms with van der Waals surface area (Å²) >= 11 is 2.22.